The molecule has 6 nitrogen and oxygen atoms in total. The summed E-state index contributed by atoms with van der Waals surface area (Å²) in [5.41, 5.74) is 0.860. The van der Waals surface area contributed by atoms with E-state index in [1.165, 1.54) is 0 Å². The van der Waals surface area contributed by atoms with E-state index in [1.807, 2.05) is 30.3 Å². The Balaban J connectivity index is 1.60. The molecule has 1 aromatic rings. The fourth-order valence-corrected chi connectivity index (χ4v) is 3.56. The second-order valence-corrected chi connectivity index (χ2v) is 7.23. The minimum Gasteiger partial charge on any atom is -0.342 e. The number of likely N-dealkylation sites (tertiary alicyclic amines) is 1. The van der Waals surface area contributed by atoms with Gasteiger partial charge in [-0.3, -0.25) is 14.4 Å². The zero-order valence-corrected chi connectivity index (χ0v) is 14.9. The minimum atomic E-state index is -0.317. The molecule has 0 unspecified atom stereocenters. The highest BCUT2D eigenvalue weighted by Crippen LogP contribution is 2.23. The van der Waals surface area contributed by atoms with Gasteiger partial charge in [0.25, 0.3) is 0 Å². The van der Waals surface area contributed by atoms with E-state index < -0.39 is 0 Å². The van der Waals surface area contributed by atoms with E-state index in [2.05, 4.69) is 13.8 Å². The molecule has 1 atom stereocenters. The third kappa shape index (κ3) is 3.83. The maximum Gasteiger partial charge on any atom is 0.246 e. The molecule has 2 heterocycles. The van der Waals surface area contributed by atoms with Crippen LogP contribution < -0.4 is 4.90 Å². The van der Waals surface area contributed by atoms with E-state index in [-0.39, 0.29) is 36.6 Å². The number of nitrogens with zero attached hydrogens (tertiary/aromatic N) is 3. The van der Waals surface area contributed by atoms with Crippen LogP contribution in [0.4, 0.5) is 5.69 Å². The molecule has 2 aliphatic rings. The van der Waals surface area contributed by atoms with Gasteiger partial charge in [-0.2, -0.15) is 0 Å². The lowest BCUT2D eigenvalue weighted by atomic mass is 10.1. The number of para-hydroxylation sites is 1. The summed E-state index contributed by atoms with van der Waals surface area (Å²) < 4.78 is 0. The normalized spacial score (nSPS) is 21.4. The van der Waals surface area contributed by atoms with Crippen LogP contribution in [-0.2, 0) is 14.4 Å². The van der Waals surface area contributed by atoms with Crippen LogP contribution in [0, 0.1) is 11.8 Å². The molecule has 0 aliphatic carbocycles. The third-order valence-electron chi connectivity index (χ3n) is 4.75. The lowest BCUT2D eigenvalue weighted by molar-refractivity contribution is -0.140. The number of hydrogen-bond donors (Lipinski definition) is 0. The first kappa shape index (κ1) is 17.5. The SMILES string of the molecule is CC(C)CN1C[C@H](C(=O)N2CCN(c3ccccc3)C(=O)C2)CC1=O. The molecule has 0 spiro atoms. The Morgan fingerprint density at radius 2 is 1.84 bits per heavy atom. The lowest BCUT2D eigenvalue weighted by Gasteiger charge is -2.35. The first-order chi connectivity index (χ1) is 12.0. The van der Waals surface area contributed by atoms with Gasteiger partial charge in [0.15, 0.2) is 0 Å². The molecule has 134 valence electrons. The monoisotopic (exact) mass is 343 g/mol. The van der Waals surface area contributed by atoms with Crippen LogP contribution in [0.15, 0.2) is 30.3 Å². The van der Waals surface area contributed by atoms with Crippen molar-refractivity contribution in [3.8, 4) is 0 Å². The second kappa shape index (κ2) is 7.25. The number of rotatable bonds is 4. The summed E-state index contributed by atoms with van der Waals surface area (Å²) in [5, 5.41) is 0. The number of anilines is 1. The predicted molar refractivity (Wildman–Crippen MR) is 94.9 cm³/mol. The summed E-state index contributed by atoms with van der Waals surface area (Å²) in [4.78, 5) is 42.4. The smallest absolute Gasteiger partial charge is 0.246 e. The van der Waals surface area contributed by atoms with Crippen LogP contribution in [0.2, 0.25) is 0 Å². The van der Waals surface area contributed by atoms with Crippen LogP contribution in [0.25, 0.3) is 0 Å². The zero-order valence-electron chi connectivity index (χ0n) is 14.9. The Labute approximate surface area is 148 Å². The average molecular weight is 343 g/mol. The topological polar surface area (TPSA) is 60.9 Å². The highest BCUT2D eigenvalue weighted by molar-refractivity contribution is 5.99. The maximum atomic E-state index is 12.7. The van der Waals surface area contributed by atoms with Gasteiger partial charge in [0.2, 0.25) is 17.7 Å². The summed E-state index contributed by atoms with van der Waals surface area (Å²) >= 11 is 0. The molecule has 1 aromatic carbocycles. The van der Waals surface area contributed by atoms with E-state index in [0.717, 1.165) is 5.69 Å². The van der Waals surface area contributed by atoms with Gasteiger partial charge in [-0.1, -0.05) is 32.0 Å². The number of carbonyl (C=O) groups excluding carboxylic acids is 3. The van der Waals surface area contributed by atoms with Crippen molar-refractivity contribution in [2.45, 2.75) is 20.3 Å². The van der Waals surface area contributed by atoms with E-state index in [1.54, 1.807) is 14.7 Å². The van der Waals surface area contributed by atoms with Crippen LogP contribution in [0.1, 0.15) is 20.3 Å². The number of hydrogen-bond acceptors (Lipinski definition) is 3. The molecule has 0 N–H and O–H groups in total. The Bertz CT molecular complexity index is 659. The fraction of sp³-hybridized carbons (Fsp3) is 0.526. The van der Waals surface area contributed by atoms with Gasteiger partial charge in [-0.15, -0.1) is 0 Å². The number of piperazine rings is 1. The Morgan fingerprint density at radius 3 is 2.48 bits per heavy atom. The van der Waals surface area contributed by atoms with Gasteiger partial charge >= 0.3 is 0 Å². The standard InChI is InChI=1S/C19H25N3O3/c1-14(2)11-21-12-15(10-17(21)23)19(25)20-8-9-22(18(24)13-20)16-6-4-3-5-7-16/h3-7,14-15H,8-13H2,1-2H3/t15-/m1/s1. The molecule has 3 rings (SSSR count). The fourth-order valence-electron chi connectivity index (χ4n) is 3.56. The van der Waals surface area contributed by atoms with Crippen molar-refractivity contribution in [3.05, 3.63) is 30.3 Å². The van der Waals surface area contributed by atoms with Crippen LogP contribution >= 0.6 is 0 Å². The molecular weight excluding hydrogens is 318 g/mol. The van der Waals surface area contributed by atoms with E-state index in [0.29, 0.717) is 32.1 Å². The number of carbonyl (C=O) groups is 3. The van der Waals surface area contributed by atoms with E-state index >= 15 is 0 Å². The summed E-state index contributed by atoms with van der Waals surface area (Å²) in [6.45, 7) is 6.36. The summed E-state index contributed by atoms with van der Waals surface area (Å²) in [7, 11) is 0. The van der Waals surface area contributed by atoms with Crippen molar-refractivity contribution < 1.29 is 14.4 Å². The van der Waals surface area contributed by atoms with Crippen molar-refractivity contribution in [3.63, 3.8) is 0 Å². The minimum absolute atomic E-state index is 0.0429. The van der Waals surface area contributed by atoms with Crippen molar-refractivity contribution in [1.82, 2.24) is 9.80 Å². The van der Waals surface area contributed by atoms with Gasteiger partial charge < -0.3 is 14.7 Å². The Kier molecular flexibility index (Phi) is 5.06. The molecule has 0 aromatic heterocycles. The van der Waals surface area contributed by atoms with Crippen LogP contribution in [0.5, 0.6) is 0 Å². The van der Waals surface area contributed by atoms with Gasteiger partial charge in [0.05, 0.1) is 5.92 Å². The first-order valence-electron chi connectivity index (χ1n) is 8.87. The van der Waals surface area contributed by atoms with Gasteiger partial charge in [-0.05, 0) is 18.1 Å². The van der Waals surface area contributed by atoms with Crippen molar-refractivity contribution in [2.75, 3.05) is 37.6 Å². The van der Waals surface area contributed by atoms with Gasteiger partial charge in [0, 0.05) is 38.3 Å². The zero-order chi connectivity index (χ0) is 18.0. The molecule has 0 bridgehead atoms. The Morgan fingerprint density at radius 1 is 1.12 bits per heavy atom. The molecule has 25 heavy (non-hydrogen) atoms. The molecule has 2 aliphatic heterocycles. The molecule has 0 saturated carbocycles. The molecule has 6 heteroatoms. The number of amides is 3. The second-order valence-electron chi connectivity index (χ2n) is 7.23. The molecule has 2 fully saturated rings. The average Bonchev–Trinajstić information content (AvgIpc) is 2.95. The van der Waals surface area contributed by atoms with Gasteiger partial charge in [-0.25, -0.2) is 0 Å². The molecule has 2 saturated heterocycles. The predicted octanol–water partition coefficient (Wildman–Crippen LogP) is 1.37. The van der Waals surface area contributed by atoms with Crippen molar-refractivity contribution in [1.29, 1.82) is 0 Å². The largest absolute Gasteiger partial charge is 0.342 e. The third-order valence-corrected chi connectivity index (χ3v) is 4.75. The van der Waals surface area contributed by atoms with Gasteiger partial charge in [0.1, 0.15) is 6.54 Å². The maximum absolute atomic E-state index is 12.7. The van der Waals surface area contributed by atoms with Crippen molar-refractivity contribution in [2.24, 2.45) is 11.8 Å². The quantitative estimate of drug-likeness (QED) is 0.829. The highest BCUT2D eigenvalue weighted by Gasteiger charge is 2.38. The first-order valence-corrected chi connectivity index (χ1v) is 8.87. The van der Waals surface area contributed by atoms with E-state index in [4.69, 9.17) is 0 Å². The van der Waals surface area contributed by atoms with Crippen LogP contribution in [0.3, 0.4) is 0 Å². The lowest BCUT2D eigenvalue weighted by Crippen LogP contribution is -2.54. The summed E-state index contributed by atoms with van der Waals surface area (Å²) in [6, 6.07) is 9.50. The molecule has 3 amide bonds. The Hall–Kier alpha value is -2.37. The number of benzene rings is 1. The summed E-state index contributed by atoms with van der Waals surface area (Å²) in [5.74, 6) is -0.0350. The van der Waals surface area contributed by atoms with E-state index in [9.17, 15) is 14.4 Å². The highest BCUT2D eigenvalue weighted by atomic mass is 16.2. The molecular formula is C19H25N3O3. The summed E-state index contributed by atoms with van der Waals surface area (Å²) in [6.07, 6.45) is 0.263. The van der Waals surface area contributed by atoms with Crippen LogP contribution in [-0.4, -0.2) is 60.2 Å². The molecule has 0 radical (unpaired) electrons. The van der Waals surface area contributed by atoms with Crippen molar-refractivity contribution >= 4 is 23.4 Å².